The van der Waals surface area contributed by atoms with Crippen molar-refractivity contribution in [1.82, 2.24) is 5.32 Å². The van der Waals surface area contributed by atoms with E-state index in [1.165, 1.54) is 18.4 Å². The lowest BCUT2D eigenvalue weighted by molar-refractivity contribution is 0.226. The lowest BCUT2D eigenvalue weighted by Crippen LogP contribution is -2.19. The van der Waals surface area contributed by atoms with Gasteiger partial charge in [-0.25, -0.2) is 0 Å². The van der Waals surface area contributed by atoms with Gasteiger partial charge in [0.1, 0.15) is 11.9 Å². The van der Waals surface area contributed by atoms with Crippen molar-refractivity contribution in [2.75, 3.05) is 6.54 Å². The minimum atomic E-state index is 0.220. The summed E-state index contributed by atoms with van der Waals surface area (Å²) in [4.78, 5) is 0. The third-order valence-electron chi connectivity index (χ3n) is 3.27. The molecule has 0 fully saturated rings. The minimum absolute atomic E-state index is 0.220. The number of nitrogens with one attached hydrogen (secondary N) is 1. The number of allylic oxidation sites excluding steroid dienone is 1. The van der Waals surface area contributed by atoms with E-state index in [4.69, 9.17) is 4.74 Å². The highest BCUT2D eigenvalue weighted by Crippen LogP contribution is 2.31. The van der Waals surface area contributed by atoms with Gasteiger partial charge in [0.25, 0.3) is 0 Å². The molecular weight excluding hydrogens is 302 g/mol. The van der Waals surface area contributed by atoms with Gasteiger partial charge >= 0.3 is 0 Å². The number of rotatable bonds is 6. The number of ether oxygens (including phenoxy) is 1. The summed E-state index contributed by atoms with van der Waals surface area (Å²) in [5.74, 6) is 0.989. The molecule has 3 heteroatoms. The van der Waals surface area contributed by atoms with Crippen LogP contribution in [0, 0.1) is 0 Å². The van der Waals surface area contributed by atoms with Crippen molar-refractivity contribution < 1.29 is 4.74 Å². The van der Waals surface area contributed by atoms with Gasteiger partial charge in [-0.2, -0.15) is 0 Å². The highest BCUT2D eigenvalue weighted by atomic mass is 79.9. The van der Waals surface area contributed by atoms with Crippen LogP contribution in [0.4, 0.5) is 0 Å². The SMILES string of the molecule is CCCNCc1cccc(Br)c1OC1C=CCCC1. The Labute approximate surface area is 124 Å². The molecule has 19 heavy (non-hydrogen) atoms. The average Bonchev–Trinajstić information content (AvgIpc) is 2.44. The quantitative estimate of drug-likeness (QED) is 0.617. The van der Waals surface area contributed by atoms with Crippen LogP contribution in [-0.4, -0.2) is 12.6 Å². The zero-order chi connectivity index (χ0) is 13.5. The second-order valence-electron chi connectivity index (χ2n) is 4.92. The third-order valence-corrected chi connectivity index (χ3v) is 3.89. The Morgan fingerprint density at radius 2 is 2.32 bits per heavy atom. The topological polar surface area (TPSA) is 21.3 Å². The van der Waals surface area contributed by atoms with Crippen molar-refractivity contribution >= 4 is 15.9 Å². The fourth-order valence-corrected chi connectivity index (χ4v) is 2.76. The van der Waals surface area contributed by atoms with Gasteiger partial charge < -0.3 is 10.1 Å². The largest absolute Gasteiger partial charge is 0.485 e. The first-order valence-electron chi connectivity index (χ1n) is 7.12. The number of hydrogen-bond acceptors (Lipinski definition) is 2. The van der Waals surface area contributed by atoms with Crippen LogP contribution < -0.4 is 10.1 Å². The summed E-state index contributed by atoms with van der Waals surface area (Å²) in [6.45, 7) is 4.08. The molecule has 0 saturated heterocycles. The maximum atomic E-state index is 6.17. The summed E-state index contributed by atoms with van der Waals surface area (Å²) in [6.07, 6.45) is 9.29. The fraction of sp³-hybridized carbons (Fsp3) is 0.500. The van der Waals surface area contributed by atoms with E-state index < -0.39 is 0 Å². The molecule has 1 aliphatic carbocycles. The highest BCUT2D eigenvalue weighted by Gasteiger charge is 2.14. The molecule has 1 atom stereocenters. The van der Waals surface area contributed by atoms with Crippen molar-refractivity contribution in [1.29, 1.82) is 0 Å². The predicted octanol–water partition coefficient (Wildman–Crippen LogP) is 4.44. The summed E-state index contributed by atoms with van der Waals surface area (Å²) < 4.78 is 7.22. The Morgan fingerprint density at radius 3 is 3.05 bits per heavy atom. The molecule has 1 aromatic carbocycles. The molecule has 1 aliphatic rings. The molecule has 0 saturated carbocycles. The molecule has 0 amide bonds. The van der Waals surface area contributed by atoms with Gasteiger partial charge in [0.05, 0.1) is 4.47 Å². The minimum Gasteiger partial charge on any atom is -0.485 e. The lowest BCUT2D eigenvalue weighted by Gasteiger charge is -2.21. The molecule has 2 rings (SSSR count). The predicted molar refractivity (Wildman–Crippen MR) is 83.5 cm³/mol. The fourth-order valence-electron chi connectivity index (χ4n) is 2.26. The van der Waals surface area contributed by atoms with Crippen molar-refractivity contribution in [3.63, 3.8) is 0 Å². The molecule has 0 spiro atoms. The van der Waals surface area contributed by atoms with Crippen LogP contribution in [0.2, 0.25) is 0 Å². The first-order valence-corrected chi connectivity index (χ1v) is 7.92. The standard InChI is InChI=1S/C16H22BrNO/c1-2-11-18-12-13-7-6-10-15(17)16(13)19-14-8-4-3-5-9-14/h4,6-8,10,14,18H,2-3,5,9,11-12H2,1H3. The molecule has 2 nitrogen and oxygen atoms in total. The summed E-state index contributed by atoms with van der Waals surface area (Å²) in [5, 5.41) is 3.44. The Bertz CT molecular complexity index is 431. The molecule has 104 valence electrons. The summed E-state index contributed by atoms with van der Waals surface area (Å²) in [5.41, 5.74) is 1.22. The number of hydrogen-bond donors (Lipinski definition) is 1. The third kappa shape index (κ3) is 4.36. The normalized spacial score (nSPS) is 18.5. The van der Waals surface area contributed by atoms with Gasteiger partial charge in [0.15, 0.2) is 0 Å². The van der Waals surface area contributed by atoms with E-state index in [0.717, 1.165) is 36.2 Å². The summed E-state index contributed by atoms with van der Waals surface area (Å²) >= 11 is 3.61. The highest BCUT2D eigenvalue weighted by molar-refractivity contribution is 9.10. The zero-order valence-corrected chi connectivity index (χ0v) is 13.1. The van der Waals surface area contributed by atoms with Crippen LogP contribution in [-0.2, 0) is 6.54 Å². The van der Waals surface area contributed by atoms with Gasteiger partial charge in [-0.15, -0.1) is 0 Å². The Morgan fingerprint density at radius 1 is 1.42 bits per heavy atom. The first-order chi connectivity index (χ1) is 9.31. The smallest absolute Gasteiger partial charge is 0.138 e. The number of benzene rings is 1. The van der Waals surface area contributed by atoms with E-state index in [1.807, 2.05) is 6.07 Å². The van der Waals surface area contributed by atoms with Crippen LogP contribution in [0.5, 0.6) is 5.75 Å². The van der Waals surface area contributed by atoms with E-state index >= 15 is 0 Å². The zero-order valence-electron chi connectivity index (χ0n) is 11.5. The van der Waals surface area contributed by atoms with E-state index in [-0.39, 0.29) is 6.10 Å². The Hall–Kier alpha value is -0.800. The van der Waals surface area contributed by atoms with E-state index in [2.05, 4.69) is 52.5 Å². The van der Waals surface area contributed by atoms with Crippen molar-refractivity contribution in [2.24, 2.45) is 0 Å². The molecule has 0 aromatic heterocycles. The van der Waals surface area contributed by atoms with Crippen LogP contribution in [0.25, 0.3) is 0 Å². The van der Waals surface area contributed by atoms with E-state index in [9.17, 15) is 0 Å². The van der Waals surface area contributed by atoms with Gasteiger partial charge in [0.2, 0.25) is 0 Å². The lowest BCUT2D eigenvalue weighted by atomic mass is 10.1. The van der Waals surface area contributed by atoms with Gasteiger partial charge in [-0.1, -0.05) is 25.1 Å². The average molecular weight is 324 g/mol. The summed E-state index contributed by atoms with van der Waals surface area (Å²) in [7, 11) is 0. The van der Waals surface area contributed by atoms with Crippen LogP contribution in [0.3, 0.4) is 0 Å². The second kappa shape index (κ2) is 7.71. The molecule has 0 aliphatic heterocycles. The molecule has 0 heterocycles. The van der Waals surface area contributed by atoms with E-state index in [0.29, 0.717) is 0 Å². The molecule has 0 radical (unpaired) electrons. The maximum absolute atomic E-state index is 6.17. The van der Waals surface area contributed by atoms with Gasteiger partial charge in [-0.05, 0) is 60.3 Å². The van der Waals surface area contributed by atoms with Crippen LogP contribution in [0.1, 0.15) is 38.2 Å². The second-order valence-corrected chi connectivity index (χ2v) is 5.77. The molecular formula is C16H22BrNO. The van der Waals surface area contributed by atoms with Gasteiger partial charge in [-0.3, -0.25) is 0 Å². The Kier molecular flexibility index (Phi) is 5.93. The van der Waals surface area contributed by atoms with Crippen LogP contribution >= 0.6 is 15.9 Å². The maximum Gasteiger partial charge on any atom is 0.138 e. The van der Waals surface area contributed by atoms with E-state index in [1.54, 1.807) is 0 Å². The van der Waals surface area contributed by atoms with Crippen LogP contribution in [0.15, 0.2) is 34.8 Å². The molecule has 1 N–H and O–H groups in total. The molecule has 1 unspecified atom stereocenters. The van der Waals surface area contributed by atoms with Gasteiger partial charge in [0, 0.05) is 12.1 Å². The summed E-state index contributed by atoms with van der Waals surface area (Å²) in [6, 6.07) is 6.25. The number of para-hydroxylation sites is 1. The first kappa shape index (κ1) is 14.6. The molecule has 1 aromatic rings. The Balaban J connectivity index is 2.08. The van der Waals surface area contributed by atoms with Crippen molar-refractivity contribution in [3.05, 3.63) is 40.4 Å². The van der Waals surface area contributed by atoms with Crippen molar-refractivity contribution in [2.45, 2.75) is 45.3 Å². The molecule has 0 bridgehead atoms. The monoisotopic (exact) mass is 323 g/mol. The van der Waals surface area contributed by atoms with Crippen molar-refractivity contribution in [3.8, 4) is 5.75 Å². The number of halogens is 1.